The molecular weight excluding hydrogens is 476 g/mol. The molecule has 0 saturated heterocycles. The normalized spacial score (nSPS) is 15.7. The Balaban J connectivity index is 1.77. The summed E-state index contributed by atoms with van der Waals surface area (Å²) in [5, 5.41) is 11.1. The molecule has 7 nitrogen and oxygen atoms in total. The van der Waals surface area contributed by atoms with Crippen LogP contribution in [0.4, 0.5) is 5.13 Å². The molecule has 8 heteroatoms. The Bertz CT molecular complexity index is 1360. The first-order valence-electron chi connectivity index (χ1n) is 11.6. The molecule has 1 aliphatic heterocycles. The highest BCUT2D eigenvalue weighted by Crippen LogP contribution is 2.43. The summed E-state index contributed by atoms with van der Waals surface area (Å²) in [4.78, 5) is 44.8. The maximum absolute atomic E-state index is 13.3. The van der Waals surface area contributed by atoms with E-state index in [4.69, 9.17) is 4.74 Å². The number of benzene rings is 2. The summed E-state index contributed by atoms with van der Waals surface area (Å²) < 4.78 is 5.67. The molecule has 0 fully saturated rings. The molecule has 0 saturated carbocycles. The number of Topliss-reactive ketones (excluding diaryl/α,β-unsaturated/α-hetero) is 1. The summed E-state index contributed by atoms with van der Waals surface area (Å²) in [6.45, 7) is 5.69. The van der Waals surface area contributed by atoms with Crippen molar-refractivity contribution in [3.05, 3.63) is 93.7 Å². The first-order chi connectivity index (χ1) is 17.3. The van der Waals surface area contributed by atoms with Crippen molar-refractivity contribution in [2.24, 2.45) is 0 Å². The number of anilines is 1. The van der Waals surface area contributed by atoms with Gasteiger partial charge in [0.25, 0.3) is 5.91 Å². The third-order valence-electron chi connectivity index (χ3n) is 5.68. The van der Waals surface area contributed by atoms with E-state index in [2.05, 4.69) is 4.98 Å². The Morgan fingerprint density at radius 2 is 1.83 bits per heavy atom. The molecule has 0 aliphatic carbocycles. The summed E-state index contributed by atoms with van der Waals surface area (Å²) in [5.74, 6) is -1.39. The molecule has 1 aromatic heterocycles. The van der Waals surface area contributed by atoms with Gasteiger partial charge in [-0.1, -0.05) is 66.8 Å². The first kappa shape index (κ1) is 25.1. The van der Waals surface area contributed by atoms with Gasteiger partial charge in [0.1, 0.15) is 5.75 Å². The molecule has 4 rings (SSSR count). The number of carbonyl (C=O) groups excluding carboxylic acids is 3. The maximum atomic E-state index is 13.3. The van der Waals surface area contributed by atoms with Crippen LogP contribution in [-0.2, 0) is 9.59 Å². The summed E-state index contributed by atoms with van der Waals surface area (Å²) in [6, 6.07) is 15.4. The molecule has 1 unspecified atom stereocenters. The number of thiazole rings is 1. The van der Waals surface area contributed by atoms with Crippen LogP contribution in [0.2, 0.25) is 0 Å². The number of aromatic nitrogens is 1. The molecule has 1 atom stereocenters. The van der Waals surface area contributed by atoms with Crippen molar-refractivity contribution >= 4 is 40.0 Å². The van der Waals surface area contributed by atoms with Crippen LogP contribution in [0.1, 0.15) is 52.8 Å². The SMILES string of the molecule is CCCOc1ccc(C2C(C(=O)C=Cc3ccccc3)=C(O)C(=O)N2c2nc(C)c(C(C)=O)s2)cc1. The molecule has 0 bridgehead atoms. The zero-order chi connectivity index (χ0) is 25.8. The number of hydrogen-bond donors (Lipinski definition) is 1. The first-order valence-corrected chi connectivity index (χ1v) is 12.4. The van der Waals surface area contributed by atoms with Crippen LogP contribution in [-0.4, -0.2) is 34.2 Å². The van der Waals surface area contributed by atoms with Crippen molar-refractivity contribution in [3.8, 4) is 5.75 Å². The minimum atomic E-state index is -0.920. The lowest BCUT2D eigenvalue weighted by Crippen LogP contribution is -2.30. The van der Waals surface area contributed by atoms with Crippen LogP contribution < -0.4 is 9.64 Å². The number of nitrogens with zero attached hydrogens (tertiary/aromatic N) is 2. The van der Waals surface area contributed by atoms with E-state index in [-0.39, 0.29) is 16.5 Å². The van der Waals surface area contributed by atoms with Crippen LogP contribution in [0.25, 0.3) is 6.08 Å². The van der Waals surface area contributed by atoms with Gasteiger partial charge in [-0.05, 0) is 42.7 Å². The highest BCUT2D eigenvalue weighted by atomic mass is 32.1. The number of allylic oxidation sites excluding steroid dienone is 1. The molecule has 1 N–H and O–H groups in total. The average molecular weight is 503 g/mol. The lowest BCUT2D eigenvalue weighted by atomic mass is 9.95. The minimum absolute atomic E-state index is 0.0494. The smallest absolute Gasteiger partial charge is 0.296 e. The van der Waals surface area contributed by atoms with Gasteiger partial charge < -0.3 is 9.84 Å². The predicted octanol–water partition coefficient (Wildman–Crippen LogP) is 5.63. The van der Waals surface area contributed by atoms with Gasteiger partial charge in [0.2, 0.25) is 0 Å². The quantitative estimate of drug-likeness (QED) is 0.301. The van der Waals surface area contributed by atoms with Crippen LogP contribution in [0, 0.1) is 6.92 Å². The number of aryl methyl sites for hydroxylation is 1. The maximum Gasteiger partial charge on any atom is 0.296 e. The summed E-state index contributed by atoms with van der Waals surface area (Å²) in [6.07, 6.45) is 3.84. The molecule has 2 heterocycles. The minimum Gasteiger partial charge on any atom is -0.503 e. The summed E-state index contributed by atoms with van der Waals surface area (Å²) in [5.41, 5.74) is 1.85. The van der Waals surface area contributed by atoms with Crippen LogP contribution in [0.15, 0.2) is 72.0 Å². The van der Waals surface area contributed by atoms with E-state index in [0.717, 1.165) is 23.3 Å². The number of carbonyl (C=O) groups is 3. The van der Waals surface area contributed by atoms with E-state index >= 15 is 0 Å². The third kappa shape index (κ3) is 4.99. The van der Waals surface area contributed by atoms with E-state index in [1.54, 1.807) is 37.3 Å². The molecule has 184 valence electrons. The van der Waals surface area contributed by atoms with Gasteiger partial charge >= 0.3 is 0 Å². The second-order valence-corrected chi connectivity index (χ2v) is 9.31. The molecule has 1 aliphatic rings. The largest absolute Gasteiger partial charge is 0.503 e. The van der Waals surface area contributed by atoms with Crippen molar-refractivity contribution in [1.29, 1.82) is 0 Å². The van der Waals surface area contributed by atoms with E-state index in [1.165, 1.54) is 17.9 Å². The molecular formula is C28H26N2O5S. The molecule has 1 amide bonds. The number of amides is 1. The van der Waals surface area contributed by atoms with E-state index in [0.29, 0.717) is 28.5 Å². The van der Waals surface area contributed by atoms with Crippen LogP contribution >= 0.6 is 11.3 Å². The second kappa shape index (κ2) is 10.7. The molecule has 2 aromatic carbocycles. The number of aliphatic hydroxyl groups is 1. The van der Waals surface area contributed by atoms with Crippen molar-refractivity contribution in [2.45, 2.75) is 33.2 Å². The monoisotopic (exact) mass is 502 g/mol. The second-order valence-electron chi connectivity index (χ2n) is 8.33. The van der Waals surface area contributed by atoms with E-state index in [9.17, 15) is 19.5 Å². The molecule has 3 aromatic rings. The molecule has 0 spiro atoms. The standard InChI is InChI=1S/C28H26N2O5S/c1-4-16-35-21-13-11-20(12-14-21)24-23(22(32)15-10-19-8-6-5-7-9-19)25(33)27(34)30(24)28-29-17(2)26(36-28)18(3)31/h5-15,24,33H,4,16H2,1-3H3. The van der Waals surface area contributed by atoms with Gasteiger partial charge in [-0.2, -0.15) is 0 Å². The number of hydrogen-bond acceptors (Lipinski definition) is 7. The Hall–Kier alpha value is -4.04. The Kier molecular flexibility index (Phi) is 7.45. The van der Waals surface area contributed by atoms with Gasteiger partial charge in [-0.25, -0.2) is 4.98 Å². The van der Waals surface area contributed by atoms with Gasteiger partial charge in [0.15, 0.2) is 22.5 Å². The topological polar surface area (TPSA) is 96.8 Å². The highest BCUT2D eigenvalue weighted by molar-refractivity contribution is 7.17. The van der Waals surface area contributed by atoms with Crippen molar-refractivity contribution < 1.29 is 24.2 Å². The van der Waals surface area contributed by atoms with Crippen molar-refractivity contribution in [3.63, 3.8) is 0 Å². The molecule has 0 radical (unpaired) electrons. The third-order valence-corrected chi connectivity index (χ3v) is 6.94. The lowest BCUT2D eigenvalue weighted by Gasteiger charge is -2.24. The van der Waals surface area contributed by atoms with Crippen LogP contribution in [0.3, 0.4) is 0 Å². The van der Waals surface area contributed by atoms with E-state index < -0.39 is 23.5 Å². The zero-order valence-electron chi connectivity index (χ0n) is 20.2. The van der Waals surface area contributed by atoms with Gasteiger partial charge in [0.05, 0.1) is 28.8 Å². The zero-order valence-corrected chi connectivity index (χ0v) is 21.0. The van der Waals surface area contributed by atoms with Crippen LogP contribution in [0.5, 0.6) is 5.75 Å². The highest BCUT2D eigenvalue weighted by Gasteiger charge is 2.45. The summed E-state index contributed by atoms with van der Waals surface area (Å²) in [7, 11) is 0. The summed E-state index contributed by atoms with van der Waals surface area (Å²) >= 11 is 1.06. The van der Waals surface area contributed by atoms with Crippen molar-refractivity contribution in [2.75, 3.05) is 11.5 Å². The Labute approximate surface area is 213 Å². The fourth-order valence-corrected chi connectivity index (χ4v) is 4.96. The fraction of sp³-hybridized carbons (Fsp3) is 0.214. The lowest BCUT2D eigenvalue weighted by molar-refractivity contribution is -0.117. The Morgan fingerprint density at radius 1 is 1.14 bits per heavy atom. The predicted molar refractivity (Wildman–Crippen MR) is 139 cm³/mol. The van der Waals surface area contributed by atoms with Gasteiger partial charge in [0, 0.05) is 6.92 Å². The van der Waals surface area contributed by atoms with E-state index in [1.807, 2.05) is 37.3 Å². The van der Waals surface area contributed by atoms with Gasteiger partial charge in [-0.15, -0.1) is 0 Å². The number of ketones is 2. The molecule has 36 heavy (non-hydrogen) atoms. The number of aliphatic hydroxyl groups excluding tert-OH is 1. The Morgan fingerprint density at radius 3 is 2.44 bits per heavy atom. The fourth-order valence-electron chi connectivity index (χ4n) is 3.97. The van der Waals surface area contributed by atoms with Crippen molar-refractivity contribution in [1.82, 2.24) is 4.98 Å². The number of rotatable bonds is 9. The van der Waals surface area contributed by atoms with Gasteiger partial charge in [-0.3, -0.25) is 19.3 Å². The number of ether oxygens (including phenoxy) is 1. The average Bonchev–Trinajstić information content (AvgIpc) is 3.39.